The molecule has 0 spiro atoms. The van der Waals surface area contributed by atoms with Crippen molar-refractivity contribution < 1.29 is 28.7 Å². The van der Waals surface area contributed by atoms with E-state index in [1.165, 1.54) is 31.4 Å². The summed E-state index contributed by atoms with van der Waals surface area (Å²) < 4.78 is 18.9. The van der Waals surface area contributed by atoms with Crippen molar-refractivity contribution in [3.05, 3.63) is 67.3 Å². The molecule has 29 heavy (non-hydrogen) atoms. The van der Waals surface area contributed by atoms with Crippen molar-refractivity contribution in [1.29, 1.82) is 0 Å². The van der Waals surface area contributed by atoms with Gasteiger partial charge in [-0.2, -0.15) is 0 Å². The van der Waals surface area contributed by atoms with E-state index in [1.54, 1.807) is 0 Å². The molecule has 2 aromatic rings. The number of phenols is 1. The lowest BCUT2D eigenvalue weighted by molar-refractivity contribution is -0.386. The van der Waals surface area contributed by atoms with Crippen molar-refractivity contribution in [3.63, 3.8) is 0 Å². The molecule has 1 aliphatic rings. The molecule has 1 heterocycles. The SMILES string of the molecule is COc1cc(/C=C2/SC(=O)N(Cc3c(F)cccc3Cl)C2=O)cc([N+](=O)[O-])c1O. The Balaban J connectivity index is 1.94. The van der Waals surface area contributed by atoms with Gasteiger partial charge < -0.3 is 9.84 Å². The number of ether oxygens (including phenoxy) is 1. The normalized spacial score (nSPS) is 15.3. The van der Waals surface area contributed by atoms with Crippen molar-refractivity contribution in [1.82, 2.24) is 4.90 Å². The second kappa shape index (κ2) is 8.10. The standard InChI is InChI=1S/C18H12ClFN2O6S/c1-28-14-6-9(5-13(16(14)23)22(26)27)7-15-17(24)21(18(25)29-15)8-10-11(19)3-2-4-12(10)20/h2-7,23H,8H2,1H3/b15-7+. The molecule has 0 aromatic heterocycles. The van der Waals surface area contributed by atoms with Gasteiger partial charge >= 0.3 is 5.69 Å². The highest BCUT2D eigenvalue weighted by Gasteiger charge is 2.36. The van der Waals surface area contributed by atoms with Crippen LogP contribution < -0.4 is 4.74 Å². The Labute approximate surface area is 172 Å². The second-order valence-electron chi connectivity index (χ2n) is 5.82. The summed E-state index contributed by atoms with van der Waals surface area (Å²) in [6.45, 7) is -0.355. The lowest BCUT2D eigenvalue weighted by Gasteiger charge is -2.14. The molecular formula is C18H12ClFN2O6S. The predicted molar refractivity (Wildman–Crippen MR) is 104 cm³/mol. The van der Waals surface area contributed by atoms with E-state index in [4.69, 9.17) is 16.3 Å². The first-order valence-corrected chi connectivity index (χ1v) is 9.16. The number of benzene rings is 2. The molecule has 0 bridgehead atoms. The van der Waals surface area contributed by atoms with Crippen molar-refractivity contribution in [3.8, 4) is 11.5 Å². The zero-order valence-corrected chi connectivity index (χ0v) is 16.3. The Bertz CT molecular complexity index is 1050. The topological polar surface area (TPSA) is 110 Å². The van der Waals surface area contributed by atoms with E-state index in [0.29, 0.717) is 11.8 Å². The summed E-state index contributed by atoms with van der Waals surface area (Å²) in [7, 11) is 1.22. The van der Waals surface area contributed by atoms with Crippen LogP contribution in [0.1, 0.15) is 11.1 Å². The first-order chi connectivity index (χ1) is 13.7. The van der Waals surface area contributed by atoms with Gasteiger partial charge in [-0.15, -0.1) is 0 Å². The molecule has 2 aromatic carbocycles. The van der Waals surface area contributed by atoms with Crippen molar-refractivity contribution in [2.24, 2.45) is 0 Å². The Kier molecular flexibility index (Phi) is 5.76. The number of thioether (sulfide) groups is 1. The van der Waals surface area contributed by atoms with E-state index in [0.717, 1.165) is 17.0 Å². The van der Waals surface area contributed by atoms with Gasteiger partial charge in [0.05, 0.1) is 23.5 Å². The van der Waals surface area contributed by atoms with Crippen molar-refractivity contribution in [2.45, 2.75) is 6.54 Å². The molecule has 1 N–H and O–H groups in total. The number of phenolic OH excluding ortho intramolecular Hbond substituents is 1. The number of imide groups is 1. The van der Waals surface area contributed by atoms with Gasteiger partial charge in [-0.05, 0) is 41.6 Å². The summed E-state index contributed by atoms with van der Waals surface area (Å²) >= 11 is 6.55. The number of hydrogen-bond donors (Lipinski definition) is 1. The van der Waals surface area contributed by atoms with Crippen LogP contribution in [0, 0.1) is 15.9 Å². The summed E-state index contributed by atoms with van der Waals surface area (Å²) in [5.41, 5.74) is -0.451. The smallest absolute Gasteiger partial charge is 0.315 e. The van der Waals surface area contributed by atoms with Gasteiger partial charge in [0.15, 0.2) is 5.75 Å². The van der Waals surface area contributed by atoms with Gasteiger partial charge in [0, 0.05) is 16.7 Å². The number of halogens is 2. The third-order valence-corrected chi connectivity index (χ3v) is 5.30. The number of nitro benzene ring substituents is 1. The van der Waals surface area contributed by atoms with E-state index in [-0.39, 0.29) is 33.3 Å². The maximum absolute atomic E-state index is 14.0. The van der Waals surface area contributed by atoms with Crippen LogP contribution in [0.5, 0.6) is 11.5 Å². The van der Waals surface area contributed by atoms with Crippen LogP contribution in [0.4, 0.5) is 14.9 Å². The number of carbonyl (C=O) groups is 2. The molecule has 2 amide bonds. The molecule has 0 saturated carbocycles. The average molecular weight is 439 g/mol. The molecule has 8 nitrogen and oxygen atoms in total. The first-order valence-electron chi connectivity index (χ1n) is 7.96. The lowest BCUT2D eigenvalue weighted by atomic mass is 10.1. The Morgan fingerprint density at radius 2 is 2.10 bits per heavy atom. The third kappa shape index (κ3) is 4.03. The van der Waals surface area contributed by atoms with E-state index < -0.39 is 33.3 Å². The highest BCUT2D eigenvalue weighted by atomic mass is 35.5. The minimum Gasteiger partial charge on any atom is -0.500 e. The van der Waals surface area contributed by atoms with Gasteiger partial charge in [0.25, 0.3) is 11.1 Å². The molecule has 0 atom stereocenters. The molecular weight excluding hydrogens is 427 g/mol. The molecule has 11 heteroatoms. The fraction of sp³-hybridized carbons (Fsp3) is 0.111. The van der Waals surface area contributed by atoms with Crippen LogP contribution in [0.25, 0.3) is 6.08 Å². The largest absolute Gasteiger partial charge is 0.500 e. The van der Waals surface area contributed by atoms with Crippen LogP contribution in [0.3, 0.4) is 0 Å². The van der Waals surface area contributed by atoms with Gasteiger partial charge in [-0.25, -0.2) is 4.39 Å². The molecule has 1 aliphatic heterocycles. The highest BCUT2D eigenvalue weighted by molar-refractivity contribution is 8.18. The Morgan fingerprint density at radius 1 is 1.38 bits per heavy atom. The minimum atomic E-state index is -0.804. The zero-order chi connectivity index (χ0) is 21.3. The van der Waals surface area contributed by atoms with E-state index in [1.807, 2.05) is 0 Å². The summed E-state index contributed by atoms with van der Waals surface area (Å²) in [6.07, 6.45) is 1.25. The van der Waals surface area contributed by atoms with Crippen LogP contribution in [-0.4, -0.2) is 33.2 Å². The molecule has 1 saturated heterocycles. The number of rotatable bonds is 5. The third-order valence-electron chi connectivity index (χ3n) is 4.04. The maximum Gasteiger partial charge on any atom is 0.315 e. The van der Waals surface area contributed by atoms with Gasteiger partial charge in [-0.1, -0.05) is 17.7 Å². The van der Waals surface area contributed by atoms with E-state index in [9.17, 15) is 29.2 Å². The van der Waals surface area contributed by atoms with Gasteiger partial charge in [-0.3, -0.25) is 24.6 Å². The van der Waals surface area contributed by atoms with Crippen molar-refractivity contribution in [2.75, 3.05) is 7.11 Å². The number of methoxy groups -OCH3 is 1. The van der Waals surface area contributed by atoms with Crippen LogP contribution in [0.2, 0.25) is 5.02 Å². The number of nitrogens with zero attached hydrogens (tertiary/aromatic N) is 2. The number of aromatic hydroxyl groups is 1. The van der Waals surface area contributed by atoms with Gasteiger partial charge in [0.1, 0.15) is 5.82 Å². The molecule has 0 unspecified atom stereocenters. The Hall–Kier alpha value is -3.11. The molecule has 3 rings (SSSR count). The second-order valence-corrected chi connectivity index (χ2v) is 7.22. The lowest BCUT2D eigenvalue weighted by Crippen LogP contribution is -2.28. The van der Waals surface area contributed by atoms with Crippen LogP contribution in [0.15, 0.2) is 35.2 Å². The van der Waals surface area contributed by atoms with Gasteiger partial charge in [0.2, 0.25) is 5.75 Å². The predicted octanol–water partition coefficient (Wildman–Crippen LogP) is 4.34. The summed E-state index contributed by atoms with van der Waals surface area (Å²) in [4.78, 5) is 36.0. The fourth-order valence-corrected chi connectivity index (χ4v) is 3.68. The Morgan fingerprint density at radius 3 is 2.72 bits per heavy atom. The molecule has 150 valence electrons. The van der Waals surface area contributed by atoms with Crippen LogP contribution in [-0.2, 0) is 11.3 Å². The molecule has 0 radical (unpaired) electrons. The van der Waals surface area contributed by atoms with Crippen molar-refractivity contribution >= 4 is 46.3 Å². The maximum atomic E-state index is 14.0. The summed E-state index contributed by atoms with van der Waals surface area (Å²) in [5, 5.41) is 20.4. The summed E-state index contributed by atoms with van der Waals surface area (Å²) in [5.74, 6) is -2.17. The summed E-state index contributed by atoms with van der Waals surface area (Å²) in [6, 6.07) is 6.33. The average Bonchev–Trinajstić information content (AvgIpc) is 2.92. The number of hydrogen-bond acceptors (Lipinski definition) is 7. The van der Waals surface area contributed by atoms with Crippen LogP contribution >= 0.6 is 23.4 Å². The fourth-order valence-electron chi connectivity index (χ4n) is 2.62. The first kappa shape index (κ1) is 20.6. The quantitative estimate of drug-likeness (QED) is 0.420. The number of amides is 2. The monoisotopic (exact) mass is 438 g/mol. The number of carbonyl (C=O) groups excluding carboxylic acids is 2. The van der Waals surface area contributed by atoms with E-state index in [2.05, 4.69) is 0 Å². The number of nitro groups is 1. The zero-order valence-electron chi connectivity index (χ0n) is 14.7. The minimum absolute atomic E-state index is 0.000317. The molecule has 0 aliphatic carbocycles. The highest BCUT2D eigenvalue weighted by Crippen LogP contribution is 2.39. The van der Waals surface area contributed by atoms with E-state index >= 15 is 0 Å². The molecule has 1 fully saturated rings.